The second-order valence-electron chi connectivity index (χ2n) is 13.2. The van der Waals surface area contributed by atoms with Crippen LogP contribution in [0.3, 0.4) is 0 Å². The number of hydrogen-bond donors (Lipinski definition) is 0. The van der Waals surface area contributed by atoms with Crippen LogP contribution in [0, 0.1) is 5.92 Å². The van der Waals surface area contributed by atoms with E-state index in [0.29, 0.717) is 17.7 Å². The predicted octanol–water partition coefficient (Wildman–Crippen LogP) is 11.9. The van der Waals surface area contributed by atoms with Crippen LogP contribution in [-0.4, -0.2) is 4.98 Å². The van der Waals surface area contributed by atoms with Gasteiger partial charge in [0.2, 0.25) is 5.89 Å². The van der Waals surface area contributed by atoms with Crippen molar-refractivity contribution >= 4 is 38.9 Å². The van der Waals surface area contributed by atoms with Gasteiger partial charge in [-0.1, -0.05) is 123 Å². The summed E-state index contributed by atoms with van der Waals surface area (Å²) in [4.78, 5) is 7.45. The maximum atomic E-state index is 6.29. The number of allylic oxidation sites excluding steroid dienone is 4. The lowest BCUT2D eigenvalue weighted by Gasteiger charge is -2.31. The molecule has 6 aromatic carbocycles. The largest absolute Gasteiger partial charge is 0.436 e. The minimum atomic E-state index is 0.00594. The molecule has 0 saturated carbocycles. The smallest absolute Gasteiger partial charge is 0.227 e. The molecule has 0 saturated heterocycles. The number of para-hydroxylation sites is 1. The first-order valence-electron chi connectivity index (χ1n) is 16.4. The molecule has 0 spiro atoms. The summed E-state index contributed by atoms with van der Waals surface area (Å²) in [5, 5.41) is 2.19. The number of fused-ring (bicyclic) bond motifs is 6. The van der Waals surface area contributed by atoms with Gasteiger partial charge in [0.05, 0.1) is 5.69 Å². The highest BCUT2D eigenvalue weighted by atomic mass is 16.3. The lowest BCUT2D eigenvalue weighted by atomic mass is 9.74. The summed E-state index contributed by atoms with van der Waals surface area (Å²) in [6.07, 6.45) is 9.17. The minimum Gasteiger partial charge on any atom is -0.436 e. The molecular formula is C44H34N2O. The molecule has 2 aliphatic rings. The average molecular weight is 607 g/mol. The molecule has 2 aliphatic carbocycles. The summed E-state index contributed by atoms with van der Waals surface area (Å²) in [6, 6.07) is 47.5. The van der Waals surface area contributed by atoms with E-state index in [1.54, 1.807) is 0 Å². The van der Waals surface area contributed by atoms with Gasteiger partial charge in [0.15, 0.2) is 5.58 Å². The SMILES string of the molecule is CC1(C)c2cc(N(c3ccc4ccc5oc(-c6ccccc6)nc5c4c3)c3ccccc3-c3ccccc3)ccc2C2C=CC=CC21. The molecule has 226 valence electrons. The van der Waals surface area contributed by atoms with Crippen molar-refractivity contribution in [1.29, 1.82) is 0 Å². The highest BCUT2D eigenvalue weighted by molar-refractivity contribution is 6.06. The fourth-order valence-electron chi connectivity index (χ4n) is 7.80. The summed E-state index contributed by atoms with van der Waals surface area (Å²) < 4.78 is 6.29. The van der Waals surface area contributed by atoms with E-state index in [-0.39, 0.29) is 5.41 Å². The van der Waals surface area contributed by atoms with Crippen molar-refractivity contribution in [1.82, 2.24) is 4.98 Å². The summed E-state index contributed by atoms with van der Waals surface area (Å²) in [5.41, 5.74) is 11.2. The van der Waals surface area contributed by atoms with Gasteiger partial charge in [0.1, 0.15) is 5.52 Å². The topological polar surface area (TPSA) is 29.3 Å². The maximum Gasteiger partial charge on any atom is 0.227 e. The van der Waals surface area contributed by atoms with E-state index >= 15 is 0 Å². The van der Waals surface area contributed by atoms with E-state index in [2.05, 4.69) is 140 Å². The zero-order chi connectivity index (χ0) is 31.5. The quantitative estimate of drug-likeness (QED) is 0.195. The van der Waals surface area contributed by atoms with E-state index in [0.717, 1.165) is 44.5 Å². The number of benzene rings is 6. The molecule has 0 amide bonds. The maximum absolute atomic E-state index is 6.29. The van der Waals surface area contributed by atoms with E-state index in [1.807, 2.05) is 36.4 Å². The molecule has 3 heteroatoms. The second kappa shape index (κ2) is 10.7. The molecule has 0 fully saturated rings. The third-order valence-corrected chi connectivity index (χ3v) is 10.2. The fourth-order valence-corrected chi connectivity index (χ4v) is 7.80. The van der Waals surface area contributed by atoms with E-state index in [9.17, 15) is 0 Å². The Kier molecular flexibility index (Phi) is 6.29. The molecule has 2 atom stereocenters. The van der Waals surface area contributed by atoms with Gasteiger partial charge in [-0.2, -0.15) is 0 Å². The van der Waals surface area contributed by atoms with Crippen molar-refractivity contribution < 1.29 is 4.42 Å². The molecular weight excluding hydrogens is 572 g/mol. The van der Waals surface area contributed by atoms with Crippen LogP contribution in [0.1, 0.15) is 30.9 Å². The molecule has 0 bridgehead atoms. The molecule has 47 heavy (non-hydrogen) atoms. The molecule has 0 radical (unpaired) electrons. The molecule has 0 aliphatic heterocycles. The van der Waals surface area contributed by atoms with Gasteiger partial charge in [-0.25, -0.2) is 4.98 Å². The van der Waals surface area contributed by atoms with Gasteiger partial charge in [0.25, 0.3) is 0 Å². The number of oxazole rings is 1. The molecule has 9 rings (SSSR count). The number of aromatic nitrogens is 1. The number of rotatable bonds is 5. The average Bonchev–Trinajstić information content (AvgIpc) is 3.67. The Hall–Kier alpha value is -5.67. The highest BCUT2D eigenvalue weighted by Crippen LogP contribution is 2.54. The Morgan fingerprint density at radius 1 is 0.660 bits per heavy atom. The highest BCUT2D eigenvalue weighted by Gasteiger charge is 2.44. The molecule has 3 nitrogen and oxygen atoms in total. The van der Waals surface area contributed by atoms with Crippen LogP contribution >= 0.6 is 0 Å². The van der Waals surface area contributed by atoms with Crippen LogP contribution in [0.2, 0.25) is 0 Å². The van der Waals surface area contributed by atoms with Crippen molar-refractivity contribution in [3.05, 3.63) is 169 Å². The Balaban J connectivity index is 1.27. The lowest BCUT2D eigenvalue weighted by Crippen LogP contribution is -2.24. The van der Waals surface area contributed by atoms with Crippen molar-refractivity contribution in [2.24, 2.45) is 5.92 Å². The summed E-state index contributed by atoms with van der Waals surface area (Å²) in [7, 11) is 0. The minimum absolute atomic E-state index is 0.00594. The van der Waals surface area contributed by atoms with E-state index in [1.165, 1.54) is 22.3 Å². The first-order valence-corrected chi connectivity index (χ1v) is 16.4. The van der Waals surface area contributed by atoms with Crippen molar-refractivity contribution in [3.63, 3.8) is 0 Å². The van der Waals surface area contributed by atoms with Crippen LogP contribution in [0.25, 0.3) is 44.5 Å². The molecule has 0 N–H and O–H groups in total. The van der Waals surface area contributed by atoms with Crippen molar-refractivity contribution in [2.75, 3.05) is 4.90 Å². The Bertz CT molecular complexity index is 2350. The first kappa shape index (κ1) is 27.6. The van der Waals surface area contributed by atoms with Crippen molar-refractivity contribution in [3.8, 4) is 22.6 Å². The zero-order valence-electron chi connectivity index (χ0n) is 26.5. The first-order chi connectivity index (χ1) is 23.1. The van der Waals surface area contributed by atoms with Gasteiger partial charge in [-0.15, -0.1) is 0 Å². The molecule has 1 heterocycles. The molecule has 7 aromatic rings. The van der Waals surface area contributed by atoms with Gasteiger partial charge in [0, 0.05) is 33.8 Å². The summed E-state index contributed by atoms with van der Waals surface area (Å²) >= 11 is 0. The lowest BCUT2D eigenvalue weighted by molar-refractivity contribution is 0.394. The summed E-state index contributed by atoms with van der Waals surface area (Å²) in [5.74, 6) is 1.49. The number of anilines is 3. The van der Waals surface area contributed by atoms with E-state index < -0.39 is 0 Å². The van der Waals surface area contributed by atoms with Crippen LogP contribution in [0.4, 0.5) is 17.1 Å². The molecule has 2 unspecified atom stereocenters. The van der Waals surface area contributed by atoms with Gasteiger partial charge < -0.3 is 9.32 Å². The normalized spacial score (nSPS) is 17.6. The third kappa shape index (κ3) is 4.45. The van der Waals surface area contributed by atoms with Crippen LogP contribution < -0.4 is 4.90 Å². The number of hydrogen-bond acceptors (Lipinski definition) is 3. The van der Waals surface area contributed by atoms with Crippen molar-refractivity contribution in [2.45, 2.75) is 25.2 Å². The summed E-state index contributed by atoms with van der Waals surface area (Å²) in [6.45, 7) is 4.79. The fraction of sp³-hybridized carbons (Fsp3) is 0.114. The third-order valence-electron chi connectivity index (χ3n) is 10.2. The Morgan fingerprint density at radius 2 is 1.34 bits per heavy atom. The van der Waals surface area contributed by atoms with Gasteiger partial charge in [-0.05, 0) is 81.9 Å². The van der Waals surface area contributed by atoms with Gasteiger partial charge in [-0.3, -0.25) is 0 Å². The van der Waals surface area contributed by atoms with E-state index in [4.69, 9.17) is 9.40 Å². The monoisotopic (exact) mass is 606 g/mol. The van der Waals surface area contributed by atoms with Crippen LogP contribution in [-0.2, 0) is 5.41 Å². The van der Waals surface area contributed by atoms with Crippen LogP contribution in [0.15, 0.2) is 162 Å². The molecule has 1 aromatic heterocycles. The zero-order valence-corrected chi connectivity index (χ0v) is 26.5. The number of nitrogens with zero attached hydrogens (tertiary/aromatic N) is 2. The predicted molar refractivity (Wildman–Crippen MR) is 195 cm³/mol. The second-order valence-corrected chi connectivity index (χ2v) is 13.2. The van der Waals surface area contributed by atoms with Gasteiger partial charge >= 0.3 is 0 Å². The van der Waals surface area contributed by atoms with Crippen LogP contribution in [0.5, 0.6) is 0 Å². The standard InChI is InChI=1S/C44H34N2O/c1-44(2)38-19-11-9-18-35(38)36-25-24-33(28-39(36)44)46(40-20-12-10-17-34(40)29-13-5-3-6-14-29)32-23-21-30-22-26-41-42(37(30)27-32)45-43(47-41)31-15-7-4-8-16-31/h3-28,35,38H,1-2H3. The Labute approximate surface area is 275 Å². The Morgan fingerprint density at radius 3 is 2.17 bits per heavy atom.